The van der Waals surface area contributed by atoms with Crippen molar-refractivity contribution in [2.24, 2.45) is 7.05 Å². The summed E-state index contributed by atoms with van der Waals surface area (Å²) < 4.78 is 3.36. The van der Waals surface area contributed by atoms with Crippen LogP contribution in [0.4, 0.5) is 0 Å². The summed E-state index contributed by atoms with van der Waals surface area (Å²) >= 11 is 0. The fraction of sp³-hybridized carbons (Fsp3) is 0.0556. The lowest BCUT2D eigenvalue weighted by Gasteiger charge is -2.06. The maximum Gasteiger partial charge on any atom is 0.277 e. The number of benzene rings is 2. The van der Waals surface area contributed by atoms with Crippen LogP contribution >= 0.6 is 0 Å². The van der Waals surface area contributed by atoms with E-state index < -0.39 is 0 Å². The van der Waals surface area contributed by atoms with E-state index in [0.717, 1.165) is 16.7 Å². The van der Waals surface area contributed by atoms with Crippen molar-refractivity contribution in [2.45, 2.75) is 0 Å². The number of nitrogens with zero attached hydrogens (tertiary/aromatic N) is 4. The van der Waals surface area contributed by atoms with Gasteiger partial charge < -0.3 is 4.57 Å². The minimum atomic E-state index is -0.128. The van der Waals surface area contributed by atoms with Gasteiger partial charge in [-0.05, 0) is 24.3 Å². The molecule has 5 heteroatoms. The molecular weight excluding hydrogens is 288 g/mol. The van der Waals surface area contributed by atoms with Crippen molar-refractivity contribution in [2.75, 3.05) is 0 Å². The zero-order chi connectivity index (χ0) is 15.8. The summed E-state index contributed by atoms with van der Waals surface area (Å²) in [7, 11) is 1.76. The molecule has 112 valence electrons. The van der Waals surface area contributed by atoms with Crippen LogP contribution in [-0.2, 0) is 7.05 Å². The molecule has 0 fully saturated rings. The zero-order valence-electron chi connectivity index (χ0n) is 12.5. The normalized spacial score (nSPS) is 11.0. The second-order valence-electron chi connectivity index (χ2n) is 5.32. The molecule has 4 aromatic rings. The number of hydrogen-bond donors (Lipinski definition) is 0. The molecule has 2 aromatic carbocycles. The monoisotopic (exact) mass is 302 g/mol. The minimum Gasteiger partial charge on any atom is -0.308 e. The van der Waals surface area contributed by atoms with Gasteiger partial charge in [0.25, 0.3) is 5.56 Å². The lowest BCUT2D eigenvalue weighted by molar-refractivity contribution is 0.880. The third-order valence-electron chi connectivity index (χ3n) is 3.86. The Labute approximate surface area is 132 Å². The van der Waals surface area contributed by atoms with Gasteiger partial charge >= 0.3 is 0 Å². The molecule has 0 aliphatic carbocycles. The zero-order valence-corrected chi connectivity index (χ0v) is 12.5. The summed E-state index contributed by atoms with van der Waals surface area (Å²) in [5.41, 5.74) is 3.54. The molecule has 23 heavy (non-hydrogen) atoms. The Kier molecular flexibility index (Phi) is 3.05. The summed E-state index contributed by atoms with van der Waals surface area (Å²) in [6, 6.07) is 17.4. The Morgan fingerprint density at radius 2 is 1.70 bits per heavy atom. The van der Waals surface area contributed by atoms with Crippen LogP contribution in [0.25, 0.3) is 28.0 Å². The number of aryl methyl sites for hydroxylation is 1. The van der Waals surface area contributed by atoms with Gasteiger partial charge in [-0.25, -0.2) is 9.67 Å². The van der Waals surface area contributed by atoms with Crippen LogP contribution in [0.3, 0.4) is 0 Å². The molecule has 0 N–H and O–H groups in total. The van der Waals surface area contributed by atoms with E-state index in [4.69, 9.17) is 0 Å². The summed E-state index contributed by atoms with van der Waals surface area (Å²) in [5.74, 6) is 0. The largest absolute Gasteiger partial charge is 0.308 e. The van der Waals surface area contributed by atoms with E-state index in [1.54, 1.807) is 22.5 Å². The van der Waals surface area contributed by atoms with Gasteiger partial charge in [-0.1, -0.05) is 30.3 Å². The first kappa shape index (κ1) is 13.5. The number of fused-ring (bicyclic) bond motifs is 1. The fourth-order valence-electron chi connectivity index (χ4n) is 2.63. The van der Waals surface area contributed by atoms with Gasteiger partial charge in [0.2, 0.25) is 0 Å². The van der Waals surface area contributed by atoms with Crippen LogP contribution < -0.4 is 5.56 Å². The molecule has 0 bridgehead atoms. The predicted molar refractivity (Wildman–Crippen MR) is 89.5 cm³/mol. The first-order chi connectivity index (χ1) is 11.2. The van der Waals surface area contributed by atoms with Gasteiger partial charge in [-0.15, -0.1) is 0 Å². The van der Waals surface area contributed by atoms with Crippen molar-refractivity contribution < 1.29 is 0 Å². The third-order valence-corrected chi connectivity index (χ3v) is 3.86. The average Bonchev–Trinajstić information content (AvgIpc) is 3.09. The first-order valence-corrected chi connectivity index (χ1v) is 7.30. The lowest BCUT2D eigenvalue weighted by atomic mass is 10.2. The quantitative estimate of drug-likeness (QED) is 0.572. The standard InChI is InChI=1S/C18H14N4O/c1-21-16-10-6-5-9-15(16)20-17(18(21)23)13-11-19-22(12-13)14-7-3-2-4-8-14/h2-12H,1H3. The molecule has 5 nitrogen and oxygen atoms in total. The highest BCUT2D eigenvalue weighted by atomic mass is 16.1. The molecule has 4 rings (SSSR count). The Bertz CT molecular complexity index is 1050. The van der Waals surface area contributed by atoms with Crippen molar-refractivity contribution in [1.82, 2.24) is 19.3 Å². The van der Waals surface area contributed by atoms with Gasteiger partial charge in [-0.2, -0.15) is 5.10 Å². The maximum absolute atomic E-state index is 12.6. The minimum absolute atomic E-state index is 0.128. The van der Waals surface area contributed by atoms with Crippen molar-refractivity contribution in [3.05, 3.63) is 77.3 Å². The van der Waals surface area contributed by atoms with Crippen molar-refractivity contribution in [1.29, 1.82) is 0 Å². The molecule has 2 heterocycles. The number of rotatable bonds is 2. The fourth-order valence-corrected chi connectivity index (χ4v) is 2.63. The molecule has 0 radical (unpaired) electrons. The molecular formula is C18H14N4O. The van der Waals surface area contributed by atoms with E-state index in [-0.39, 0.29) is 5.56 Å². The van der Waals surface area contributed by atoms with Crippen LogP contribution in [0.1, 0.15) is 0 Å². The lowest BCUT2D eigenvalue weighted by Crippen LogP contribution is -2.20. The van der Waals surface area contributed by atoms with Gasteiger partial charge in [0, 0.05) is 18.8 Å². The Morgan fingerprint density at radius 1 is 0.957 bits per heavy atom. The summed E-state index contributed by atoms with van der Waals surface area (Å²) in [4.78, 5) is 17.1. The van der Waals surface area contributed by atoms with Gasteiger partial charge in [0.15, 0.2) is 0 Å². The highest BCUT2D eigenvalue weighted by Gasteiger charge is 2.12. The molecule has 0 saturated carbocycles. The molecule has 0 amide bonds. The summed E-state index contributed by atoms with van der Waals surface area (Å²) in [6.45, 7) is 0. The van der Waals surface area contributed by atoms with E-state index in [0.29, 0.717) is 11.3 Å². The van der Waals surface area contributed by atoms with Crippen LogP contribution in [0.15, 0.2) is 71.8 Å². The van der Waals surface area contributed by atoms with E-state index in [1.807, 2.05) is 60.8 Å². The Hall–Kier alpha value is -3.21. The Balaban J connectivity index is 1.89. The first-order valence-electron chi connectivity index (χ1n) is 7.30. The van der Waals surface area contributed by atoms with Crippen LogP contribution in [0, 0.1) is 0 Å². The van der Waals surface area contributed by atoms with Crippen LogP contribution in [0.5, 0.6) is 0 Å². The van der Waals surface area contributed by atoms with E-state index in [9.17, 15) is 4.79 Å². The average molecular weight is 302 g/mol. The molecule has 0 aliphatic heterocycles. The molecule has 2 aromatic heterocycles. The van der Waals surface area contributed by atoms with Crippen molar-refractivity contribution >= 4 is 11.0 Å². The SMILES string of the molecule is Cn1c(=O)c(-c2cnn(-c3ccccc3)c2)nc2ccccc21. The van der Waals surface area contributed by atoms with Crippen LogP contribution in [0.2, 0.25) is 0 Å². The predicted octanol–water partition coefficient (Wildman–Crippen LogP) is 2.79. The van der Waals surface area contributed by atoms with Crippen LogP contribution in [-0.4, -0.2) is 19.3 Å². The summed E-state index contributed by atoms with van der Waals surface area (Å²) in [5, 5.41) is 4.34. The summed E-state index contributed by atoms with van der Waals surface area (Å²) in [6.07, 6.45) is 3.50. The molecule has 0 atom stereocenters. The van der Waals surface area contributed by atoms with Crippen molar-refractivity contribution in [3.63, 3.8) is 0 Å². The number of para-hydroxylation sites is 3. The van der Waals surface area contributed by atoms with Gasteiger partial charge in [0.05, 0.1) is 22.9 Å². The van der Waals surface area contributed by atoms with E-state index >= 15 is 0 Å². The Morgan fingerprint density at radius 3 is 2.52 bits per heavy atom. The van der Waals surface area contributed by atoms with Crippen molar-refractivity contribution in [3.8, 4) is 16.9 Å². The molecule has 0 unspecified atom stereocenters. The molecule has 0 saturated heterocycles. The van der Waals surface area contributed by atoms with E-state index in [2.05, 4.69) is 10.1 Å². The van der Waals surface area contributed by atoms with Gasteiger partial charge in [0.1, 0.15) is 5.69 Å². The number of aromatic nitrogens is 4. The number of hydrogen-bond acceptors (Lipinski definition) is 3. The smallest absolute Gasteiger partial charge is 0.277 e. The molecule has 0 aliphatic rings. The second-order valence-corrected chi connectivity index (χ2v) is 5.32. The second kappa shape index (κ2) is 5.21. The highest BCUT2D eigenvalue weighted by Crippen LogP contribution is 2.18. The maximum atomic E-state index is 12.6. The van der Waals surface area contributed by atoms with E-state index in [1.165, 1.54) is 0 Å². The topological polar surface area (TPSA) is 52.7 Å². The third kappa shape index (κ3) is 2.23. The molecule has 0 spiro atoms. The van der Waals surface area contributed by atoms with Gasteiger partial charge in [-0.3, -0.25) is 4.79 Å². The highest BCUT2D eigenvalue weighted by molar-refractivity contribution is 5.77.